The number of carbonyl (C=O) groups is 1. The van der Waals surface area contributed by atoms with Crippen molar-refractivity contribution in [1.29, 1.82) is 5.26 Å². The number of carbonyl (C=O) groups excluding carboxylic acids is 1. The van der Waals surface area contributed by atoms with Gasteiger partial charge in [-0.25, -0.2) is 4.79 Å². The molecule has 0 aromatic heterocycles. The van der Waals surface area contributed by atoms with Crippen LogP contribution >= 0.6 is 11.8 Å². The number of esters is 1. The summed E-state index contributed by atoms with van der Waals surface area (Å²) in [6, 6.07) is 3.43. The van der Waals surface area contributed by atoms with Crippen LogP contribution in [-0.4, -0.2) is 26.8 Å². The summed E-state index contributed by atoms with van der Waals surface area (Å²) in [6.07, 6.45) is 0. The Balaban J connectivity index is 2.93. The molecule has 0 aliphatic heterocycles. The van der Waals surface area contributed by atoms with Crippen LogP contribution in [0.15, 0.2) is 17.0 Å². The lowest BCUT2D eigenvalue weighted by Crippen LogP contribution is -2.13. The molecule has 0 radical (unpaired) electrons. The number of nitriles is 1. The van der Waals surface area contributed by atoms with Crippen LogP contribution in [0.3, 0.4) is 0 Å². The van der Waals surface area contributed by atoms with Crippen molar-refractivity contribution in [2.24, 2.45) is 0 Å². The van der Waals surface area contributed by atoms with Gasteiger partial charge in [-0.2, -0.15) is 5.26 Å². The standard InChI is InChI=1S/C12H13NO4S/c1-8-4-11(18-7-13)10(15-2)5-9(8)17-6-12(14)16-3/h4-5H,6H2,1-3H3. The fourth-order valence-electron chi connectivity index (χ4n) is 1.28. The molecule has 0 saturated carbocycles. The summed E-state index contributed by atoms with van der Waals surface area (Å²) in [5, 5.41) is 10.7. The maximum absolute atomic E-state index is 11.0. The second-order valence-corrected chi connectivity index (χ2v) is 4.15. The van der Waals surface area contributed by atoms with Crippen LogP contribution in [0, 0.1) is 17.6 Å². The average Bonchev–Trinajstić information content (AvgIpc) is 2.37. The Bertz CT molecular complexity index is 482. The number of hydrogen-bond acceptors (Lipinski definition) is 6. The molecule has 0 spiro atoms. The van der Waals surface area contributed by atoms with Gasteiger partial charge in [0.05, 0.1) is 19.1 Å². The van der Waals surface area contributed by atoms with Crippen LogP contribution in [0.1, 0.15) is 5.56 Å². The van der Waals surface area contributed by atoms with E-state index in [9.17, 15) is 4.79 Å². The lowest BCUT2D eigenvalue weighted by Gasteiger charge is -2.12. The number of nitrogens with zero attached hydrogens (tertiary/aromatic N) is 1. The number of methoxy groups -OCH3 is 2. The molecule has 0 saturated heterocycles. The van der Waals surface area contributed by atoms with Gasteiger partial charge in [0.1, 0.15) is 16.9 Å². The van der Waals surface area contributed by atoms with Gasteiger partial charge in [-0.1, -0.05) is 0 Å². The molecule has 5 nitrogen and oxygen atoms in total. The van der Waals surface area contributed by atoms with Crippen LogP contribution in [0.5, 0.6) is 11.5 Å². The molecule has 0 aliphatic carbocycles. The van der Waals surface area contributed by atoms with Gasteiger partial charge in [-0.05, 0) is 30.3 Å². The van der Waals surface area contributed by atoms with E-state index in [2.05, 4.69) is 4.74 Å². The minimum absolute atomic E-state index is 0.161. The van der Waals surface area contributed by atoms with Crippen LogP contribution in [0.4, 0.5) is 0 Å². The molecule has 18 heavy (non-hydrogen) atoms. The quantitative estimate of drug-likeness (QED) is 0.462. The van der Waals surface area contributed by atoms with E-state index in [1.165, 1.54) is 14.2 Å². The highest BCUT2D eigenvalue weighted by molar-refractivity contribution is 8.03. The molecule has 0 heterocycles. The van der Waals surface area contributed by atoms with Gasteiger partial charge >= 0.3 is 5.97 Å². The predicted octanol–water partition coefficient (Wildman–Crippen LogP) is 2.13. The first kappa shape index (κ1) is 14.2. The number of rotatable bonds is 5. The number of ether oxygens (including phenoxy) is 3. The summed E-state index contributed by atoms with van der Waals surface area (Å²) in [6.45, 7) is 1.67. The van der Waals surface area contributed by atoms with E-state index in [1.54, 1.807) is 12.1 Å². The number of thiocyanates is 1. The Morgan fingerprint density at radius 1 is 1.39 bits per heavy atom. The third kappa shape index (κ3) is 3.57. The molecule has 0 unspecified atom stereocenters. The van der Waals surface area contributed by atoms with E-state index >= 15 is 0 Å². The molecular formula is C12H13NO4S. The van der Waals surface area contributed by atoms with E-state index in [0.717, 1.165) is 17.3 Å². The van der Waals surface area contributed by atoms with E-state index in [4.69, 9.17) is 14.7 Å². The van der Waals surface area contributed by atoms with Gasteiger partial charge < -0.3 is 14.2 Å². The second-order valence-electron chi connectivity index (χ2n) is 3.33. The molecule has 0 aliphatic rings. The normalized spacial score (nSPS) is 9.44. The maximum atomic E-state index is 11.0. The average molecular weight is 267 g/mol. The number of thioether (sulfide) groups is 1. The summed E-state index contributed by atoms with van der Waals surface area (Å²) in [5.41, 5.74) is 0.817. The van der Waals surface area contributed by atoms with Crippen molar-refractivity contribution in [2.45, 2.75) is 11.8 Å². The predicted molar refractivity (Wildman–Crippen MR) is 66.7 cm³/mol. The van der Waals surface area contributed by atoms with Gasteiger partial charge in [0.25, 0.3) is 0 Å². The molecule has 0 amide bonds. The molecule has 0 fully saturated rings. The van der Waals surface area contributed by atoms with Gasteiger partial charge in [0.2, 0.25) is 0 Å². The van der Waals surface area contributed by atoms with Gasteiger partial charge in [0, 0.05) is 6.07 Å². The minimum atomic E-state index is -0.455. The summed E-state index contributed by atoms with van der Waals surface area (Å²) >= 11 is 1.01. The Labute approximate surface area is 110 Å². The zero-order valence-electron chi connectivity index (χ0n) is 10.4. The molecule has 1 rings (SSSR count). The van der Waals surface area contributed by atoms with Crippen molar-refractivity contribution < 1.29 is 19.0 Å². The summed E-state index contributed by atoms with van der Waals surface area (Å²) in [5.74, 6) is 0.607. The molecule has 1 aromatic rings. The maximum Gasteiger partial charge on any atom is 0.343 e. The largest absolute Gasteiger partial charge is 0.495 e. The summed E-state index contributed by atoms with van der Waals surface area (Å²) in [4.78, 5) is 11.7. The van der Waals surface area contributed by atoms with Crippen molar-refractivity contribution in [3.05, 3.63) is 17.7 Å². The monoisotopic (exact) mass is 267 g/mol. The Morgan fingerprint density at radius 2 is 2.11 bits per heavy atom. The smallest absolute Gasteiger partial charge is 0.343 e. The first-order valence-corrected chi connectivity index (χ1v) is 5.88. The van der Waals surface area contributed by atoms with Crippen LogP contribution < -0.4 is 9.47 Å². The van der Waals surface area contributed by atoms with Gasteiger partial charge in [-0.3, -0.25) is 0 Å². The molecule has 0 bridgehead atoms. The Morgan fingerprint density at radius 3 is 2.67 bits per heavy atom. The molecule has 96 valence electrons. The van der Waals surface area contributed by atoms with Crippen molar-refractivity contribution in [3.63, 3.8) is 0 Å². The molecule has 6 heteroatoms. The lowest BCUT2D eigenvalue weighted by molar-refractivity contribution is -0.142. The Kier molecular flexibility index (Phi) is 5.33. The summed E-state index contributed by atoms with van der Waals surface area (Å²) in [7, 11) is 2.81. The zero-order valence-corrected chi connectivity index (χ0v) is 11.2. The van der Waals surface area contributed by atoms with Crippen molar-refractivity contribution in [3.8, 4) is 16.9 Å². The molecule has 0 N–H and O–H groups in total. The van der Waals surface area contributed by atoms with Gasteiger partial charge in [0.15, 0.2) is 6.61 Å². The van der Waals surface area contributed by atoms with Crippen molar-refractivity contribution in [1.82, 2.24) is 0 Å². The molecular weight excluding hydrogens is 254 g/mol. The highest BCUT2D eigenvalue weighted by Gasteiger charge is 2.11. The summed E-state index contributed by atoms with van der Waals surface area (Å²) < 4.78 is 15.0. The zero-order chi connectivity index (χ0) is 13.5. The van der Waals surface area contributed by atoms with Crippen molar-refractivity contribution >= 4 is 17.7 Å². The Hall–Kier alpha value is -1.87. The van der Waals surface area contributed by atoms with E-state index in [0.29, 0.717) is 16.4 Å². The second kappa shape index (κ2) is 6.77. The third-order valence-electron chi connectivity index (χ3n) is 2.19. The topological polar surface area (TPSA) is 68.6 Å². The SMILES string of the molecule is COC(=O)COc1cc(OC)c(SC#N)cc1C. The van der Waals surface area contributed by atoms with E-state index in [1.807, 2.05) is 12.3 Å². The van der Waals surface area contributed by atoms with E-state index in [-0.39, 0.29) is 6.61 Å². The third-order valence-corrected chi connectivity index (χ3v) is 2.82. The molecule has 0 atom stereocenters. The lowest BCUT2D eigenvalue weighted by atomic mass is 10.2. The highest BCUT2D eigenvalue weighted by Crippen LogP contribution is 2.34. The first-order valence-electron chi connectivity index (χ1n) is 5.06. The van der Waals surface area contributed by atoms with Crippen LogP contribution in [0.2, 0.25) is 0 Å². The number of benzene rings is 1. The fourth-order valence-corrected chi connectivity index (χ4v) is 1.86. The van der Waals surface area contributed by atoms with Crippen LogP contribution in [0.25, 0.3) is 0 Å². The van der Waals surface area contributed by atoms with Crippen molar-refractivity contribution in [2.75, 3.05) is 20.8 Å². The number of hydrogen-bond donors (Lipinski definition) is 0. The molecule has 1 aromatic carbocycles. The van der Waals surface area contributed by atoms with Crippen LogP contribution in [-0.2, 0) is 9.53 Å². The number of aryl methyl sites for hydroxylation is 1. The van der Waals surface area contributed by atoms with Gasteiger partial charge in [-0.15, -0.1) is 0 Å². The van der Waals surface area contributed by atoms with E-state index < -0.39 is 5.97 Å². The fraction of sp³-hybridized carbons (Fsp3) is 0.333. The first-order chi connectivity index (χ1) is 8.62. The highest BCUT2D eigenvalue weighted by atomic mass is 32.2. The minimum Gasteiger partial charge on any atom is -0.495 e.